The minimum Gasteiger partial charge on any atom is -0.495 e. The molecule has 1 N–H and O–H groups in total. The average molecular weight is 314 g/mol. The number of benzene rings is 1. The van der Waals surface area contributed by atoms with E-state index in [0.717, 1.165) is 36.2 Å². The number of aromatic nitrogens is 2. The molecule has 0 aliphatic carbocycles. The molecular formula is C17H22N4O2. The normalized spacial score (nSPS) is 17.3. The molecule has 3 rings (SSSR count). The summed E-state index contributed by atoms with van der Waals surface area (Å²) in [5.74, 6) is 0.676. The van der Waals surface area contributed by atoms with E-state index in [1.165, 1.54) is 0 Å². The number of para-hydroxylation sites is 1. The van der Waals surface area contributed by atoms with Crippen LogP contribution >= 0.6 is 0 Å². The van der Waals surface area contributed by atoms with E-state index in [1.54, 1.807) is 11.8 Å². The number of nitrogens with zero attached hydrogens (tertiary/aromatic N) is 3. The zero-order chi connectivity index (χ0) is 16.4. The maximum Gasteiger partial charge on any atom is 0.322 e. The van der Waals surface area contributed by atoms with Gasteiger partial charge in [0.05, 0.1) is 25.0 Å². The quantitative estimate of drug-likeness (QED) is 0.947. The highest BCUT2D eigenvalue weighted by Gasteiger charge is 2.31. The van der Waals surface area contributed by atoms with Gasteiger partial charge in [0.2, 0.25) is 0 Å². The van der Waals surface area contributed by atoms with Crippen LogP contribution in [0.5, 0.6) is 5.75 Å². The van der Waals surface area contributed by atoms with E-state index in [0.29, 0.717) is 5.75 Å². The van der Waals surface area contributed by atoms with Crippen molar-refractivity contribution in [3.8, 4) is 5.75 Å². The first-order valence-corrected chi connectivity index (χ1v) is 7.80. The van der Waals surface area contributed by atoms with E-state index in [4.69, 9.17) is 4.74 Å². The summed E-state index contributed by atoms with van der Waals surface area (Å²) >= 11 is 0. The van der Waals surface area contributed by atoms with Crippen molar-refractivity contribution < 1.29 is 9.53 Å². The SMILES string of the molecule is COc1cccc(C)c1NC(=O)N1CCC[C@H]1c1cnn(C)c1. The van der Waals surface area contributed by atoms with Crippen molar-refractivity contribution in [1.29, 1.82) is 0 Å². The number of ether oxygens (including phenoxy) is 1. The molecule has 2 aromatic rings. The second-order valence-electron chi connectivity index (χ2n) is 5.88. The van der Waals surface area contributed by atoms with Gasteiger partial charge in [-0.25, -0.2) is 4.79 Å². The van der Waals surface area contributed by atoms with E-state index in [2.05, 4.69) is 10.4 Å². The lowest BCUT2D eigenvalue weighted by Gasteiger charge is -2.25. The Morgan fingerprint density at radius 1 is 1.43 bits per heavy atom. The summed E-state index contributed by atoms with van der Waals surface area (Å²) in [4.78, 5) is 14.6. The van der Waals surface area contributed by atoms with Gasteiger partial charge in [0.25, 0.3) is 0 Å². The molecule has 2 amide bonds. The van der Waals surface area contributed by atoms with Crippen molar-refractivity contribution in [3.05, 3.63) is 41.7 Å². The maximum absolute atomic E-state index is 12.8. The second-order valence-corrected chi connectivity index (χ2v) is 5.88. The van der Waals surface area contributed by atoms with Crippen LogP contribution in [0.1, 0.15) is 30.0 Å². The molecule has 0 bridgehead atoms. The minimum absolute atomic E-state index is 0.0821. The van der Waals surface area contributed by atoms with Gasteiger partial charge in [-0.15, -0.1) is 0 Å². The summed E-state index contributed by atoms with van der Waals surface area (Å²) in [5, 5.41) is 7.23. The van der Waals surface area contributed by atoms with Gasteiger partial charge in [0.1, 0.15) is 5.75 Å². The predicted molar refractivity (Wildman–Crippen MR) is 88.6 cm³/mol. The first-order chi connectivity index (χ1) is 11.1. The standard InChI is InChI=1S/C17H22N4O2/c1-12-6-4-8-15(23-3)16(12)19-17(22)21-9-5-7-14(21)13-10-18-20(2)11-13/h4,6,8,10-11,14H,5,7,9H2,1-3H3,(H,19,22)/t14-/m0/s1. The fourth-order valence-corrected chi connectivity index (χ4v) is 3.12. The predicted octanol–water partition coefficient (Wildman–Crippen LogP) is 3.11. The van der Waals surface area contributed by atoms with Crippen LogP contribution in [0.3, 0.4) is 0 Å². The van der Waals surface area contributed by atoms with Crippen molar-refractivity contribution in [2.24, 2.45) is 7.05 Å². The Bertz CT molecular complexity index is 710. The average Bonchev–Trinajstić information content (AvgIpc) is 3.17. The van der Waals surface area contributed by atoms with Crippen molar-refractivity contribution in [2.75, 3.05) is 19.0 Å². The number of amides is 2. The highest BCUT2D eigenvalue weighted by molar-refractivity contribution is 5.92. The Kier molecular flexibility index (Phi) is 4.23. The zero-order valence-corrected chi connectivity index (χ0v) is 13.7. The molecule has 6 nitrogen and oxygen atoms in total. The molecule has 0 saturated carbocycles. The number of aryl methyl sites for hydroxylation is 2. The second kappa shape index (κ2) is 6.32. The topological polar surface area (TPSA) is 59.4 Å². The van der Waals surface area contributed by atoms with Crippen LogP contribution in [-0.4, -0.2) is 34.4 Å². The Morgan fingerprint density at radius 2 is 2.26 bits per heavy atom. The maximum atomic E-state index is 12.8. The van der Waals surface area contributed by atoms with Crippen LogP contribution in [0.4, 0.5) is 10.5 Å². The van der Waals surface area contributed by atoms with Crippen molar-refractivity contribution >= 4 is 11.7 Å². The molecule has 1 fully saturated rings. The van der Waals surface area contributed by atoms with E-state index < -0.39 is 0 Å². The zero-order valence-electron chi connectivity index (χ0n) is 13.7. The lowest BCUT2D eigenvalue weighted by atomic mass is 10.1. The van der Waals surface area contributed by atoms with Gasteiger partial charge in [0.15, 0.2) is 0 Å². The number of urea groups is 1. The van der Waals surface area contributed by atoms with Crippen LogP contribution in [-0.2, 0) is 7.05 Å². The first-order valence-electron chi connectivity index (χ1n) is 7.80. The number of hydrogen-bond acceptors (Lipinski definition) is 3. The molecule has 0 spiro atoms. The lowest BCUT2D eigenvalue weighted by Crippen LogP contribution is -2.34. The molecule has 1 aliphatic heterocycles. The summed E-state index contributed by atoms with van der Waals surface area (Å²) in [7, 11) is 3.50. The molecule has 0 unspecified atom stereocenters. The van der Waals surface area contributed by atoms with Gasteiger partial charge in [-0.3, -0.25) is 4.68 Å². The van der Waals surface area contributed by atoms with Crippen LogP contribution < -0.4 is 10.1 Å². The van der Waals surface area contributed by atoms with E-state index in [-0.39, 0.29) is 12.1 Å². The van der Waals surface area contributed by atoms with Gasteiger partial charge in [-0.1, -0.05) is 12.1 Å². The monoisotopic (exact) mass is 314 g/mol. The van der Waals surface area contributed by atoms with Crippen molar-refractivity contribution in [1.82, 2.24) is 14.7 Å². The molecule has 1 aliphatic rings. The number of carbonyl (C=O) groups excluding carboxylic acids is 1. The summed E-state index contributed by atoms with van der Waals surface area (Å²) in [6, 6.07) is 5.71. The number of hydrogen-bond donors (Lipinski definition) is 1. The third-order valence-corrected chi connectivity index (χ3v) is 4.31. The van der Waals surface area contributed by atoms with Gasteiger partial charge < -0.3 is 15.0 Å². The fourth-order valence-electron chi connectivity index (χ4n) is 3.12. The molecular weight excluding hydrogens is 292 g/mol. The first kappa shape index (κ1) is 15.4. The lowest BCUT2D eigenvalue weighted by molar-refractivity contribution is 0.207. The molecule has 122 valence electrons. The van der Waals surface area contributed by atoms with Crippen molar-refractivity contribution in [3.63, 3.8) is 0 Å². The molecule has 1 aromatic carbocycles. The highest BCUT2D eigenvalue weighted by atomic mass is 16.5. The van der Waals surface area contributed by atoms with Gasteiger partial charge >= 0.3 is 6.03 Å². The van der Waals surface area contributed by atoms with Gasteiger partial charge in [-0.05, 0) is 31.4 Å². The molecule has 23 heavy (non-hydrogen) atoms. The molecule has 1 aromatic heterocycles. The summed E-state index contributed by atoms with van der Waals surface area (Å²) in [6.45, 7) is 2.71. The Hall–Kier alpha value is -2.50. The Balaban J connectivity index is 1.80. The third-order valence-electron chi connectivity index (χ3n) is 4.31. The van der Waals surface area contributed by atoms with Crippen LogP contribution in [0.15, 0.2) is 30.6 Å². The third kappa shape index (κ3) is 3.02. The Labute approximate surface area is 136 Å². The highest BCUT2D eigenvalue weighted by Crippen LogP contribution is 2.33. The van der Waals surface area contributed by atoms with Crippen LogP contribution in [0.2, 0.25) is 0 Å². The molecule has 1 saturated heterocycles. The molecule has 6 heteroatoms. The van der Waals surface area contributed by atoms with E-state index in [9.17, 15) is 4.79 Å². The number of anilines is 1. The van der Waals surface area contributed by atoms with Crippen LogP contribution in [0, 0.1) is 6.92 Å². The number of nitrogens with one attached hydrogen (secondary N) is 1. The molecule has 0 radical (unpaired) electrons. The molecule has 2 heterocycles. The number of methoxy groups -OCH3 is 1. The largest absolute Gasteiger partial charge is 0.495 e. The van der Waals surface area contributed by atoms with E-state index >= 15 is 0 Å². The fraction of sp³-hybridized carbons (Fsp3) is 0.412. The Morgan fingerprint density at radius 3 is 2.96 bits per heavy atom. The van der Waals surface area contributed by atoms with Gasteiger partial charge in [0, 0.05) is 25.4 Å². The summed E-state index contributed by atoms with van der Waals surface area (Å²) in [5.41, 5.74) is 2.79. The number of likely N-dealkylation sites (tertiary alicyclic amines) is 1. The van der Waals surface area contributed by atoms with E-state index in [1.807, 2.05) is 49.5 Å². The summed E-state index contributed by atoms with van der Waals surface area (Å²) < 4.78 is 7.13. The van der Waals surface area contributed by atoms with Gasteiger partial charge in [-0.2, -0.15) is 5.10 Å². The number of rotatable bonds is 3. The molecule has 1 atom stereocenters. The van der Waals surface area contributed by atoms with Crippen molar-refractivity contribution in [2.45, 2.75) is 25.8 Å². The smallest absolute Gasteiger partial charge is 0.322 e. The summed E-state index contributed by atoms with van der Waals surface area (Å²) in [6.07, 6.45) is 5.77. The minimum atomic E-state index is -0.0936. The van der Waals surface area contributed by atoms with Crippen LogP contribution in [0.25, 0.3) is 0 Å². The number of carbonyl (C=O) groups is 1.